The van der Waals surface area contributed by atoms with Crippen LogP contribution < -0.4 is 11.2 Å². The predicted molar refractivity (Wildman–Crippen MR) is 108 cm³/mol. The Bertz CT molecular complexity index is 1130. The number of hydrogen-bond donors (Lipinski definition) is 8. The van der Waals surface area contributed by atoms with Crippen LogP contribution in [0.1, 0.15) is 6.23 Å². The second kappa shape index (κ2) is 11.1. The van der Waals surface area contributed by atoms with Crippen LogP contribution in [0.25, 0.3) is 0 Å². The number of ether oxygens (including phenoxy) is 2. The number of H-pyrrole nitrogens is 1. The lowest BCUT2D eigenvalue weighted by molar-refractivity contribution is -0.265. The largest absolute Gasteiger partial charge is 0.483 e. The maximum absolute atomic E-state index is 14.1. The summed E-state index contributed by atoms with van der Waals surface area (Å²) in [6.07, 6.45) is -16.6. The zero-order valence-corrected chi connectivity index (χ0v) is 19.6. The number of nitrogens with zero attached hydrogens (tertiary/aromatic N) is 1. The van der Waals surface area contributed by atoms with Crippen molar-refractivity contribution in [1.29, 1.82) is 0 Å². The van der Waals surface area contributed by atoms with E-state index in [0.717, 1.165) is 12.3 Å². The fraction of sp³-hybridized carbons (Fsp3) is 0.733. The number of nitrogens with one attached hydrogen (secondary N) is 1. The van der Waals surface area contributed by atoms with Crippen molar-refractivity contribution in [1.82, 2.24) is 9.55 Å². The van der Waals surface area contributed by atoms with Crippen LogP contribution >= 0.6 is 15.6 Å². The van der Waals surface area contributed by atoms with E-state index in [-0.39, 0.29) is 0 Å². The van der Waals surface area contributed by atoms with E-state index in [4.69, 9.17) is 14.6 Å². The number of alkyl halides is 1. The van der Waals surface area contributed by atoms with Crippen LogP contribution in [0.5, 0.6) is 0 Å². The molecule has 1 aromatic rings. The fourth-order valence-corrected chi connectivity index (χ4v) is 5.48. The number of aliphatic hydroxyl groups is 5. The maximum atomic E-state index is 14.1. The van der Waals surface area contributed by atoms with Crippen molar-refractivity contribution in [2.75, 3.05) is 13.2 Å². The summed E-state index contributed by atoms with van der Waals surface area (Å²) in [6.45, 7) is -2.01. The highest BCUT2D eigenvalue weighted by atomic mass is 31.3. The lowest BCUT2D eigenvalue weighted by atomic mass is 10.0. The Morgan fingerprint density at radius 1 is 1.00 bits per heavy atom. The summed E-state index contributed by atoms with van der Waals surface area (Å²) in [6, 6.07) is 0.919. The minimum absolute atomic E-state index is 0.711. The predicted octanol–water partition coefficient (Wildman–Crippen LogP) is -3.82. The maximum Gasteiger partial charge on any atom is 0.483 e. The van der Waals surface area contributed by atoms with Crippen LogP contribution in [0.3, 0.4) is 0 Å². The fourth-order valence-electron chi connectivity index (χ4n) is 3.33. The molecule has 21 heteroatoms. The minimum Gasteiger partial charge on any atom is -0.394 e. The molecular weight excluding hydrogens is 545 g/mol. The topological polar surface area (TPSA) is 277 Å². The molecule has 0 aliphatic carbocycles. The zero-order valence-electron chi connectivity index (χ0n) is 17.8. The van der Waals surface area contributed by atoms with Crippen LogP contribution in [0.15, 0.2) is 21.9 Å². The zero-order chi connectivity index (χ0) is 27.0. The van der Waals surface area contributed by atoms with Crippen molar-refractivity contribution in [2.24, 2.45) is 0 Å². The third-order valence-electron chi connectivity index (χ3n) is 5.11. The van der Waals surface area contributed by atoms with Crippen LogP contribution in [0, 0.1) is 0 Å². The van der Waals surface area contributed by atoms with E-state index < -0.39 is 95.4 Å². The number of halogens is 1. The van der Waals surface area contributed by atoms with E-state index in [1.807, 2.05) is 4.98 Å². The minimum atomic E-state index is -5.67. The van der Waals surface area contributed by atoms with Crippen LogP contribution in [-0.4, -0.2) is 107 Å². The quantitative estimate of drug-likeness (QED) is 0.133. The van der Waals surface area contributed by atoms with Gasteiger partial charge in [0.1, 0.15) is 36.6 Å². The Morgan fingerprint density at radius 2 is 1.64 bits per heavy atom. The SMILES string of the molecule is O=c1ccn([C@@H]2O[C@H](COP(=O)(O)OP(=O)(O)O[C@H]3O[C@H](CO)[C@@H](O)[C@H](O)[C@@H]3F)[C@@H](O)[C@H]2O)c(=O)[nH]1. The highest BCUT2D eigenvalue weighted by Crippen LogP contribution is 2.61. The molecule has 2 fully saturated rings. The molecule has 36 heavy (non-hydrogen) atoms. The molecule has 2 unspecified atom stereocenters. The number of phosphoric acid groups is 2. The molecule has 0 spiro atoms. The molecule has 0 amide bonds. The average Bonchev–Trinajstić information content (AvgIpc) is 3.06. The molecule has 2 saturated heterocycles. The van der Waals surface area contributed by atoms with Gasteiger partial charge in [-0.3, -0.25) is 23.4 Å². The highest BCUT2D eigenvalue weighted by molar-refractivity contribution is 7.61. The lowest BCUT2D eigenvalue weighted by Crippen LogP contribution is -2.57. The Hall–Kier alpha value is -1.41. The second-order valence-corrected chi connectivity index (χ2v) is 10.6. The van der Waals surface area contributed by atoms with Gasteiger partial charge in [0.05, 0.1) is 13.2 Å². The van der Waals surface area contributed by atoms with Crippen LogP contribution in [-0.2, 0) is 32.0 Å². The van der Waals surface area contributed by atoms with Gasteiger partial charge < -0.3 is 44.8 Å². The molecule has 1 aromatic heterocycles. The van der Waals surface area contributed by atoms with Crippen molar-refractivity contribution in [3.05, 3.63) is 33.1 Å². The monoisotopic (exact) mass is 568 g/mol. The molecule has 8 N–H and O–H groups in total. The molecule has 18 nitrogen and oxygen atoms in total. The normalized spacial score (nSPS) is 38.4. The number of hydrogen-bond acceptors (Lipinski definition) is 14. The molecule has 3 rings (SSSR count). The van der Waals surface area contributed by atoms with Gasteiger partial charge in [-0.1, -0.05) is 0 Å². The van der Waals surface area contributed by atoms with Gasteiger partial charge in [0.15, 0.2) is 12.4 Å². The molecule has 206 valence electrons. The van der Waals surface area contributed by atoms with Gasteiger partial charge in [-0.05, 0) is 0 Å². The van der Waals surface area contributed by atoms with Gasteiger partial charge >= 0.3 is 21.3 Å². The standard InChI is InChI=1S/C15H23FN2O16P2/c16-8-11(23)9(21)5(3-19)32-14(8)33-36(28,29)34-35(26,27)30-4-6-10(22)12(24)13(31-6)18-2-1-7(20)17-15(18)25/h1-2,5-6,8-14,19,21-24H,3-4H2,(H,26,27)(H,28,29)(H,17,20,25)/t5-,6-,8+,9-,10-,11-,12-,13-,14-/m1/s1. The molecule has 0 saturated carbocycles. The molecule has 2 aliphatic heterocycles. The first-order chi connectivity index (χ1) is 16.7. The van der Waals surface area contributed by atoms with Gasteiger partial charge in [0.25, 0.3) is 5.56 Å². The van der Waals surface area contributed by atoms with Crippen molar-refractivity contribution >= 4 is 15.6 Å². The molecule has 11 atom stereocenters. The summed E-state index contributed by atoms with van der Waals surface area (Å²) in [5.74, 6) is 0. The van der Waals surface area contributed by atoms with Crippen molar-refractivity contribution in [3.8, 4) is 0 Å². The summed E-state index contributed by atoms with van der Waals surface area (Å²) >= 11 is 0. The Kier molecular flexibility index (Phi) is 9.02. The van der Waals surface area contributed by atoms with Gasteiger partial charge in [0, 0.05) is 12.3 Å². The average molecular weight is 568 g/mol. The first-order valence-corrected chi connectivity index (χ1v) is 12.9. The molecule has 0 radical (unpaired) electrons. The van der Waals surface area contributed by atoms with E-state index in [1.165, 1.54) is 0 Å². The summed E-state index contributed by atoms with van der Waals surface area (Å²) in [7, 11) is -11.2. The van der Waals surface area contributed by atoms with Crippen molar-refractivity contribution < 1.29 is 71.7 Å². The van der Waals surface area contributed by atoms with Gasteiger partial charge in [-0.15, -0.1) is 0 Å². The number of phosphoric ester groups is 2. The number of aromatic nitrogens is 2. The first kappa shape index (κ1) is 29.2. The Balaban J connectivity index is 1.61. The van der Waals surface area contributed by atoms with E-state index in [2.05, 4.69) is 13.4 Å². The van der Waals surface area contributed by atoms with E-state index >= 15 is 0 Å². The number of aliphatic hydroxyl groups excluding tert-OH is 5. The van der Waals surface area contributed by atoms with Crippen LogP contribution in [0.2, 0.25) is 0 Å². The van der Waals surface area contributed by atoms with Crippen LogP contribution in [0.4, 0.5) is 4.39 Å². The first-order valence-electron chi connectivity index (χ1n) is 9.95. The Morgan fingerprint density at radius 3 is 2.25 bits per heavy atom. The summed E-state index contributed by atoms with van der Waals surface area (Å²) in [5.41, 5.74) is -1.76. The van der Waals surface area contributed by atoms with Crippen molar-refractivity contribution in [3.63, 3.8) is 0 Å². The number of rotatable bonds is 9. The molecule has 0 aromatic carbocycles. The van der Waals surface area contributed by atoms with E-state index in [9.17, 15) is 53.3 Å². The van der Waals surface area contributed by atoms with E-state index in [0.29, 0.717) is 4.57 Å². The molecule has 2 aliphatic rings. The molecular formula is C15H23FN2O16P2. The second-order valence-electron chi connectivity index (χ2n) is 7.63. The third-order valence-corrected chi connectivity index (χ3v) is 7.71. The van der Waals surface area contributed by atoms with Gasteiger partial charge in [0.2, 0.25) is 6.29 Å². The van der Waals surface area contributed by atoms with Gasteiger partial charge in [-0.25, -0.2) is 18.3 Å². The summed E-state index contributed by atoms with van der Waals surface area (Å²) < 4.78 is 61.7. The molecule has 0 bridgehead atoms. The third kappa shape index (κ3) is 6.53. The molecule has 3 heterocycles. The van der Waals surface area contributed by atoms with Gasteiger partial charge in [-0.2, -0.15) is 4.31 Å². The van der Waals surface area contributed by atoms with E-state index in [1.54, 1.807) is 0 Å². The highest BCUT2D eigenvalue weighted by Gasteiger charge is 2.50. The smallest absolute Gasteiger partial charge is 0.394 e. The number of aromatic amines is 1. The summed E-state index contributed by atoms with van der Waals surface area (Å²) in [4.78, 5) is 44.4. The summed E-state index contributed by atoms with van der Waals surface area (Å²) in [5, 5.41) is 48.5. The lowest BCUT2D eigenvalue weighted by Gasteiger charge is -2.38. The Labute approximate surface area is 199 Å². The van der Waals surface area contributed by atoms with Crippen molar-refractivity contribution in [2.45, 2.75) is 55.3 Å².